The fraction of sp³-hybridized carbons (Fsp3) is 0.263. The molecule has 0 unspecified atom stereocenters. The minimum Gasteiger partial charge on any atom is -0.508 e. The van der Waals surface area contributed by atoms with E-state index in [2.05, 4.69) is 38.4 Å². The molecule has 3 aromatic rings. The van der Waals surface area contributed by atoms with E-state index < -0.39 is 0 Å². The van der Waals surface area contributed by atoms with Crippen LogP contribution >= 0.6 is 15.9 Å². The fourth-order valence-corrected chi connectivity index (χ4v) is 3.19. The van der Waals surface area contributed by atoms with Crippen molar-refractivity contribution in [2.45, 2.75) is 25.8 Å². The number of hydrogen-bond acceptors (Lipinski definition) is 4. The molecule has 130 valence electrons. The predicted molar refractivity (Wildman–Crippen MR) is 99.9 cm³/mol. The van der Waals surface area contributed by atoms with Gasteiger partial charge in [0.15, 0.2) is 0 Å². The first-order valence-electron chi connectivity index (χ1n) is 8.13. The minimum atomic E-state index is 0.292. The average molecular weight is 402 g/mol. The molecule has 1 aromatic heterocycles. The maximum absolute atomic E-state index is 9.31. The van der Waals surface area contributed by atoms with Crippen LogP contribution in [0.15, 0.2) is 53.1 Å². The summed E-state index contributed by atoms with van der Waals surface area (Å²) in [6, 6.07) is 13.4. The molecule has 5 nitrogen and oxygen atoms in total. The van der Waals surface area contributed by atoms with E-state index in [1.54, 1.807) is 19.2 Å². The second-order valence-electron chi connectivity index (χ2n) is 5.86. The lowest BCUT2D eigenvalue weighted by atomic mass is 10.1. The van der Waals surface area contributed by atoms with Crippen LogP contribution in [-0.4, -0.2) is 27.2 Å². The molecular weight excluding hydrogens is 382 g/mol. The van der Waals surface area contributed by atoms with E-state index in [1.807, 2.05) is 29.1 Å². The zero-order chi connectivity index (χ0) is 17.6. The lowest BCUT2D eigenvalue weighted by Gasteiger charge is -2.06. The molecule has 0 fully saturated rings. The van der Waals surface area contributed by atoms with Crippen molar-refractivity contribution < 1.29 is 9.84 Å². The van der Waals surface area contributed by atoms with Gasteiger partial charge < -0.3 is 9.84 Å². The van der Waals surface area contributed by atoms with E-state index in [9.17, 15) is 5.11 Å². The highest BCUT2D eigenvalue weighted by molar-refractivity contribution is 9.10. The molecule has 0 bridgehead atoms. The Kier molecular flexibility index (Phi) is 5.71. The number of halogens is 1. The number of hydrogen-bond donors (Lipinski definition) is 1. The van der Waals surface area contributed by atoms with E-state index in [-0.39, 0.29) is 0 Å². The summed E-state index contributed by atoms with van der Waals surface area (Å²) in [7, 11) is 1.66. The Morgan fingerprint density at radius 1 is 1.04 bits per heavy atom. The van der Waals surface area contributed by atoms with Crippen LogP contribution in [0.5, 0.6) is 11.5 Å². The maximum Gasteiger partial charge on any atom is 0.133 e. The molecule has 0 radical (unpaired) electrons. The van der Waals surface area contributed by atoms with E-state index in [0.717, 1.165) is 41.7 Å². The molecule has 1 heterocycles. The van der Waals surface area contributed by atoms with E-state index in [0.29, 0.717) is 5.75 Å². The third-order valence-corrected chi connectivity index (χ3v) is 4.66. The van der Waals surface area contributed by atoms with Crippen LogP contribution in [0, 0.1) is 0 Å². The Labute approximate surface area is 155 Å². The zero-order valence-corrected chi connectivity index (χ0v) is 15.6. The topological polar surface area (TPSA) is 60.2 Å². The van der Waals surface area contributed by atoms with Gasteiger partial charge >= 0.3 is 0 Å². The van der Waals surface area contributed by atoms with Crippen molar-refractivity contribution in [2.75, 3.05) is 7.11 Å². The third-order valence-electron chi connectivity index (χ3n) is 4.04. The van der Waals surface area contributed by atoms with Crippen LogP contribution < -0.4 is 4.74 Å². The molecule has 0 amide bonds. The molecule has 0 aliphatic carbocycles. The molecule has 0 saturated heterocycles. The number of aryl methyl sites for hydroxylation is 4. The largest absolute Gasteiger partial charge is 0.508 e. The normalized spacial score (nSPS) is 10.8. The summed E-state index contributed by atoms with van der Waals surface area (Å²) in [6.07, 6.45) is 4.59. The number of phenols is 1. The van der Waals surface area contributed by atoms with Crippen molar-refractivity contribution in [3.63, 3.8) is 0 Å². The van der Waals surface area contributed by atoms with Crippen molar-refractivity contribution in [1.29, 1.82) is 0 Å². The smallest absolute Gasteiger partial charge is 0.133 e. The van der Waals surface area contributed by atoms with Gasteiger partial charge in [0.05, 0.1) is 17.3 Å². The fourth-order valence-electron chi connectivity index (χ4n) is 2.61. The lowest BCUT2D eigenvalue weighted by Crippen LogP contribution is -2.02. The standard InChI is InChI=1S/C19H20BrN3O2/c1-25-19-9-5-15(12-18(19)20)10-11-23-13-16(21-22-23)6-2-14-3-7-17(24)8-4-14/h3-5,7-9,12-13,24H,2,6,10-11H2,1H3. The third kappa shape index (κ3) is 4.82. The first-order chi connectivity index (χ1) is 12.1. The van der Waals surface area contributed by atoms with Crippen molar-refractivity contribution >= 4 is 15.9 Å². The molecule has 0 aliphatic heterocycles. The van der Waals surface area contributed by atoms with Gasteiger partial charge in [-0.1, -0.05) is 23.4 Å². The first kappa shape index (κ1) is 17.5. The second-order valence-corrected chi connectivity index (χ2v) is 6.71. The van der Waals surface area contributed by atoms with Crippen LogP contribution in [0.25, 0.3) is 0 Å². The lowest BCUT2D eigenvalue weighted by molar-refractivity contribution is 0.412. The van der Waals surface area contributed by atoms with Gasteiger partial charge in [0.25, 0.3) is 0 Å². The number of aromatic nitrogens is 3. The quantitative estimate of drug-likeness (QED) is 0.654. The minimum absolute atomic E-state index is 0.292. The number of phenolic OH excluding ortho intramolecular Hbond substituents is 1. The zero-order valence-electron chi connectivity index (χ0n) is 14.0. The molecule has 0 saturated carbocycles. The van der Waals surface area contributed by atoms with Gasteiger partial charge in [-0.05, 0) is 70.6 Å². The molecule has 3 rings (SSSR count). The average Bonchev–Trinajstić information content (AvgIpc) is 3.07. The van der Waals surface area contributed by atoms with Gasteiger partial charge in [0, 0.05) is 12.7 Å². The SMILES string of the molecule is COc1ccc(CCn2cc(CCc3ccc(O)cc3)nn2)cc1Br. The van der Waals surface area contributed by atoms with Crippen molar-refractivity contribution in [2.24, 2.45) is 0 Å². The second kappa shape index (κ2) is 8.16. The Bertz CT molecular complexity index is 831. The Morgan fingerprint density at radius 2 is 1.80 bits per heavy atom. The summed E-state index contributed by atoms with van der Waals surface area (Å²) < 4.78 is 8.09. The molecule has 0 aliphatic rings. The van der Waals surface area contributed by atoms with Gasteiger partial charge in [0.1, 0.15) is 11.5 Å². The highest BCUT2D eigenvalue weighted by Gasteiger charge is 2.05. The van der Waals surface area contributed by atoms with E-state index in [4.69, 9.17) is 4.74 Å². The van der Waals surface area contributed by atoms with E-state index >= 15 is 0 Å². The molecule has 1 N–H and O–H groups in total. The number of benzene rings is 2. The predicted octanol–water partition coefficient (Wildman–Crippen LogP) is 3.78. The van der Waals surface area contributed by atoms with Crippen molar-refractivity contribution in [3.8, 4) is 11.5 Å². The van der Waals surface area contributed by atoms with Crippen LogP contribution in [-0.2, 0) is 25.8 Å². The number of methoxy groups -OCH3 is 1. The summed E-state index contributed by atoms with van der Waals surface area (Å²) in [4.78, 5) is 0. The summed E-state index contributed by atoms with van der Waals surface area (Å²) >= 11 is 3.51. The van der Waals surface area contributed by atoms with Crippen LogP contribution in [0.4, 0.5) is 0 Å². The van der Waals surface area contributed by atoms with Crippen LogP contribution in [0.1, 0.15) is 16.8 Å². The van der Waals surface area contributed by atoms with Gasteiger partial charge in [-0.25, -0.2) is 0 Å². The molecule has 0 atom stereocenters. The Balaban J connectivity index is 1.53. The highest BCUT2D eigenvalue weighted by Crippen LogP contribution is 2.25. The Morgan fingerprint density at radius 3 is 2.52 bits per heavy atom. The molecule has 0 spiro atoms. The highest BCUT2D eigenvalue weighted by atomic mass is 79.9. The molecule has 6 heteroatoms. The molecule has 25 heavy (non-hydrogen) atoms. The summed E-state index contributed by atoms with van der Waals surface area (Å²) in [5, 5.41) is 17.8. The van der Waals surface area contributed by atoms with Crippen molar-refractivity contribution in [3.05, 3.63) is 70.0 Å². The Hall–Kier alpha value is -2.34. The van der Waals surface area contributed by atoms with Gasteiger partial charge in [-0.2, -0.15) is 0 Å². The first-order valence-corrected chi connectivity index (χ1v) is 8.92. The van der Waals surface area contributed by atoms with Crippen LogP contribution in [0.3, 0.4) is 0 Å². The van der Waals surface area contributed by atoms with Crippen molar-refractivity contribution in [1.82, 2.24) is 15.0 Å². The number of nitrogens with zero attached hydrogens (tertiary/aromatic N) is 3. The van der Waals surface area contributed by atoms with Gasteiger partial charge in [-0.15, -0.1) is 5.10 Å². The summed E-state index contributed by atoms with van der Waals surface area (Å²) in [5.41, 5.74) is 3.37. The van der Waals surface area contributed by atoms with Gasteiger partial charge in [0.2, 0.25) is 0 Å². The monoisotopic (exact) mass is 401 g/mol. The molecule has 2 aromatic carbocycles. The number of rotatable bonds is 7. The summed E-state index contributed by atoms with van der Waals surface area (Å²) in [5.74, 6) is 1.13. The van der Waals surface area contributed by atoms with Gasteiger partial charge in [-0.3, -0.25) is 4.68 Å². The molecular formula is C19H20BrN3O2. The number of ether oxygens (including phenoxy) is 1. The van der Waals surface area contributed by atoms with E-state index in [1.165, 1.54) is 11.1 Å². The maximum atomic E-state index is 9.31. The van der Waals surface area contributed by atoms with Crippen LogP contribution in [0.2, 0.25) is 0 Å². The number of aromatic hydroxyl groups is 1. The summed E-state index contributed by atoms with van der Waals surface area (Å²) in [6.45, 7) is 0.783.